The van der Waals surface area contributed by atoms with E-state index in [9.17, 15) is 0 Å². The second kappa shape index (κ2) is 8.99. The average Bonchev–Trinajstić information content (AvgIpc) is 2.36. The summed E-state index contributed by atoms with van der Waals surface area (Å²) in [6.45, 7) is 9.62. The summed E-state index contributed by atoms with van der Waals surface area (Å²) in [7, 11) is 0. The minimum atomic E-state index is 0.993. The van der Waals surface area contributed by atoms with Crippen LogP contribution in [-0.2, 0) is 0 Å². The molecule has 0 radical (unpaired) electrons. The van der Waals surface area contributed by atoms with Crippen LogP contribution in [0, 0.1) is 23.7 Å². The summed E-state index contributed by atoms with van der Waals surface area (Å²) < 4.78 is 0. The van der Waals surface area contributed by atoms with Gasteiger partial charge in [0.25, 0.3) is 0 Å². The first-order valence-electron chi connectivity index (χ1n) is 8.69. The van der Waals surface area contributed by atoms with Gasteiger partial charge in [-0.15, -0.1) is 0 Å². The predicted molar refractivity (Wildman–Crippen MR) is 82.8 cm³/mol. The molecular weight excluding hydrogens is 216 g/mol. The maximum absolute atomic E-state index is 2.49. The van der Waals surface area contributed by atoms with Crippen LogP contribution in [0.2, 0.25) is 0 Å². The molecule has 0 heteroatoms. The van der Waals surface area contributed by atoms with Gasteiger partial charge in [-0.3, -0.25) is 0 Å². The van der Waals surface area contributed by atoms with Crippen LogP contribution in [-0.4, -0.2) is 0 Å². The van der Waals surface area contributed by atoms with E-state index < -0.39 is 0 Å². The fraction of sp³-hybridized carbons (Fsp3) is 1.00. The van der Waals surface area contributed by atoms with E-state index in [4.69, 9.17) is 0 Å². The monoisotopic (exact) mass is 252 g/mol. The summed E-state index contributed by atoms with van der Waals surface area (Å²) >= 11 is 0. The number of hydrogen-bond acceptors (Lipinski definition) is 0. The Morgan fingerprint density at radius 1 is 0.889 bits per heavy atom. The van der Waals surface area contributed by atoms with Crippen LogP contribution in [0.3, 0.4) is 0 Å². The Balaban J connectivity index is 1.92. The van der Waals surface area contributed by atoms with Gasteiger partial charge in [-0.2, -0.15) is 0 Å². The van der Waals surface area contributed by atoms with Gasteiger partial charge in [0.1, 0.15) is 0 Å². The fourth-order valence-electron chi connectivity index (χ4n) is 3.70. The summed E-state index contributed by atoms with van der Waals surface area (Å²) in [6, 6.07) is 0. The SMILES string of the molecule is CCC(CC)CCCCCCC(C)C1CCC1C. The number of hydrogen-bond donors (Lipinski definition) is 0. The molecule has 0 heterocycles. The second-order valence-corrected chi connectivity index (χ2v) is 6.87. The molecule has 0 nitrogen and oxygen atoms in total. The van der Waals surface area contributed by atoms with Gasteiger partial charge < -0.3 is 0 Å². The molecule has 1 aliphatic rings. The zero-order chi connectivity index (χ0) is 13.4. The lowest BCUT2D eigenvalue weighted by Crippen LogP contribution is -2.29. The molecule has 0 saturated heterocycles. The van der Waals surface area contributed by atoms with Crippen molar-refractivity contribution in [2.45, 2.75) is 91.9 Å². The van der Waals surface area contributed by atoms with Crippen LogP contribution in [0.4, 0.5) is 0 Å². The summed E-state index contributed by atoms with van der Waals surface area (Å²) in [5, 5.41) is 0. The standard InChI is InChI=1S/C18H36/c1-5-17(6-2)12-10-8-7-9-11-15(3)18-14-13-16(18)4/h15-18H,5-14H2,1-4H3. The van der Waals surface area contributed by atoms with Crippen molar-refractivity contribution >= 4 is 0 Å². The molecule has 3 unspecified atom stereocenters. The van der Waals surface area contributed by atoms with E-state index in [1.807, 2.05) is 0 Å². The minimum Gasteiger partial charge on any atom is -0.0651 e. The van der Waals surface area contributed by atoms with Crippen LogP contribution in [0.1, 0.15) is 91.9 Å². The normalized spacial score (nSPS) is 25.2. The molecule has 0 aliphatic heterocycles. The highest BCUT2D eigenvalue weighted by Gasteiger charge is 2.30. The largest absolute Gasteiger partial charge is 0.0651 e. The van der Waals surface area contributed by atoms with E-state index in [2.05, 4.69) is 27.7 Å². The van der Waals surface area contributed by atoms with Crippen molar-refractivity contribution in [3.63, 3.8) is 0 Å². The van der Waals surface area contributed by atoms with Crippen molar-refractivity contribution in [2.75, 3.05) is 0 Å². The van der Waals surface area contributed by atoms with Crippen LogP contribution in [0.5, 0.6) is 0 Å². The molecule has 0 aromatic heterocycles. The first-order valence-corrected chi connectivity index (χ1v) is 8.69. The molecule has 18 heavy (non-hydrogen) atoms. The zero-order valence-corrected chi connectivity index (χ0v) is 13.4. The van der Waals surface area contributed by atoms with Crippen molar-refractivity contribution in [3.05, 3.63) is 0 Å². The van der Waals surface area contributed by atoms with E-state index in [1.165, 1.54) is 64.2 Å². The summed E-state index contributed by atoms with van der Waals surface area (Å²) in [4.78, 5) is 0. The van der Waals surface area contributed by atoms with E-state index >= 15 is 0 Å². The lowest BCUT2D eigenvalue weighted by molar-refractivity contribution is 0.121. The minimum absolute atomic E-state index is 0.993. The van der Waals surface area contributed by atoms with E-state index in [1.54, 1.807) is 0 Å². The lowest BCUT2D eigenvalue weighted by Gasteiger charge is -2.38. The maximum atomic E-state index is 2.49. The van der Waals surface area contributed by atoms with Crippen molar-refractivity contribution in [1.29, 1.82) is 0 Å². The van der Waals surface area contributed by atoms with Crippen LogP contribution < -0.4 is 0 Å². The van der Waals surface area contributed by atoms with Crippen molar-refractivity contribution in [2.24, 2.45) is 23.7 Å². The molecule has 0 aromatic rings. The lowest BCUT2D eigenvalue weighted by atomic mass is 9.67. The third-order valence-electron chi connectivity index (χ3n) is 5.59. The van der Waals surface area contributed by atoms with Crippen LogP contribution in [0.15, 0.2) is 0 Å². The predicted octanol–water partition coefficient (Wildman–Crippen LogP) is 6.45. The van der Waals surface area contributed by atoms with Gasteiger partial charge in [-0.05, 0) is 30.1 Å². The molecule has 0 amide bonds. The Hall–Kier alpha value is 0. The van der Waals surface area contributed by atoms with Gasteiger partial charge in [0.05, 0.1) is 0 Å². The second-order valence-electron chi connectivity index (χ2n) is 6.87. The van der Waals surface area contributed by atoms with E-state index in [0.29, 0.717) is 0 Å². The van der Waals surface area contributed by atoms with Gasteiger partial charge in [0, 0.05) is 0 Å². The summed E-state index contributed by atoms with van der Waals surface area (Å²) in [6.07, 6.45) is 14.6. The van der Waals surface area contributed by atoms with Gasteiger partial charge in [-0.1, -0.05) is 85.5 Å². The van der Waals surface area contributed by atoms with Gasteiger partial charge >= 0.3 is 0 Å². The highest BCUT2D eigenvalue weighted by atomic mass is 14.4. The van der Waals surface area contributed by atoms with Crippen LogP contribution >= 0.6 is 0 Å². The maximum Gasteiger partial charge on any atom is -0.0363 e. The Bertz CT molecular complexity index is 192. The fourth-order valence-corrected chi connectivity index (χ4v) is 3.70. The Morgan fingerprint density at radius 2 is 1.50 bits per heavy atom. The molecule has 1 saturated carbocycles. The third-order valence-corrected chi connectivity index (χ3v) is 5.59. The average molecular weight is 252 g/mol. The topological polar surface area (TPSA) is 0 Å². The van der Waals surface area contributed by atoms with Gasteiger partial charge in [0.15, 0.2) is 0 Å². The van der Waals surface area contributed by atoms with E-state index in [-0.39, 0.29) is 0 Å². The zero-order valence-electron chi connectivity index (χ0n) is 13.4. The molecule has 1 aliphatic carbocycles. The van der Waals surface area contributed by atoms with Crippen molar-refractivity contribution < 1.29 is 0 Å². The summed E-state index contributed by atoms with van der Waals surface area (Å²) in [5.41, 5.74) is 0. The molecule has 0 N–H and O–H groups in total. The van der Waals surface area contributed by atoms with Crippen molar-refractivity contribution in [3.8, 4) is 0 Å². The molecule has 1 fully saturated rings. The molecule has 0 bridgehead atoms. The smallest absolute Gasteiger partial charge is 0.0363 e. The number of rotatable bonds is 10. The highest BCUT2D eigenvalue weighted by Crippen LogP contribution is 2.40. The molecule has 0 aromatic carbocycles. The molecule has 3 atom stereocenters. The molecule has 0 spiro atoms. The Morgan fingerprint density at radius 3 is 1.94 bits per heavy atom. The first kappa shape index (κ1) is 16.1. The number of unbranched alkanes of at least 4 members (excludes halogenated alkanes) is 3. The Labute approximate surface area is 116 Å². The third kappa shape index (κ3) is 5.33. The molecular formula is C18H36. The highest BCUT2D eigenvalue weighted by molar-refractivity contribution is 4.81. The van der Waals surface area contributed by atoms with E-state index in [0.717, 1.165) is 23.7 Å². The Kier molecular flexibility index (Phi) is 8.02. The molecule has 108 valence electrons. The van der Waals surface area contributed by atoms with Crippen LogP contribution in [0.25, 0.3) is 0 Å². The quantitative estimate of drug-likeness (QED) is 0.392. The summed E-state index contributed by atoms with van der Waals surface area (Å²) in [5.74, 6) is 4.08. The van der Waals surface area contributed by atoms with Crippen molar-refractivity contribution in [1.82, 2.24) is 0 Å². The van der Waals surface area contributed by atoms with Gasteiger partial charge in [0.2, 0.25) is 0 Å². The van der Waals surface area contributed by atoms with Gasteiger partial charge in [-0.25, -0.2) is 0 Å². The first-order chi connectivity index (χ1) is 8.69. The molecule has 1 rings (SSSR count).